The quantitative estimate of drug-likeness (QED) is 0.462. The minimum absolute atomic E-state index is 0.123. The molecule has 0 saturated heterocycles. The minimum Gasteiger partial charge on any atom is -0.393 e. The van der Waals surface area contributed by atoms with Gasteiger partial charge in [0.1, 0.15) is 0 Å². The molecule has 0 bridgehead atoms. The van der Waals surface area contributed by atoms with Crippen LogP contribution in [0, 0.1) is 0 Å². The van der Waals surface area contributed by atoms with Gasteiger partial charge in [-0.3, -0.25) is 4.55 Å². The summed E-state index contributed by atoms with van der Waals surface area (Å²) in [5.74, 6) is -0.123. The van der Waals surface area contributed by atoms with Crippen LogP contribution in [0.15, 0.2) is 0 Å². The van der Waals surface area contributed by atoms with Crippen molar-refractivity contribution >= 4 is 10.1 Å². The number of aliphatic hydroxyl groups excluding tert-OH is 1. The standard InChI is InChI=1S/C11H24O4S/c1-2-11(12)9-7-5-3-4-6-8-10-16(13,14)15/h11-12H,2-10H2,1H3,(H,13,14,15). The molecule has 0 aliphatic heterocycles. The third-order valence-corrected chi connectivity index (χ3v) is 3.47. The molecule has 1 unspecified atom stereocenters. The normalized spacial score (nSPS) is 13.9. The molecule has 98 valence electrons. The highest BCUT2D eigenvalue weighted by Crippen LogP contribution is 2.10. The van der Waals surface area contributed by atoms with Crippen LogP contribution in [0.1, 0.15) is 58.3 Å². The Bertz CT molecular complexity index is 249. The lowest BCUT2D eigenvalue weighted by Crippen LogP contribution is -2.04. The average Bonchev–Trinajstić information content (AvgIpc) is 2.20. The van der Waals surface area contributed by atoms with Crippen LogP contribution in [0.3, 0.4) is 0 Å². The highest BCUT2D eigenvalue weighted by atomic mass is 32.2. The number of unbranched alkanes of at least 4 members (excludes halogenated alkanes) is 5. The minimum atomic E-state index is -3.77. The molecule has 5 heteroatoms. The van der Waals surface area contributed by atoms with Crippen molar-refractivity contribution in [2.75, 3.05) is 5.75 Å². The van der Waals surface area contributed by atoms with Gasteiger partial charge >= 0.3 is 0 Å². The largest absolute Gasteiger partial charge is 0.393 e. The Labute approximate surface area is 98.8 Å². The van der Waals surface area contributed by atoms with Crippen LogP contribution >= 0.6 is 0 Å². The maximum atomic E-state index is 10.4. The predicted octanol–water partition coefficient (Wildman–Crippen LogP) is 2.38. The van der Waals surface area contributed by atoms with Gasteiger partial charge in [-0.1, -0.05) is 39.0 Å². The first-order valence-electron chi connectivity index (χ1n) is 6.09. The summed E-state index contributed by atoms with van der Waals surface area (Å²) in [7, 11) is -3.77. The lowest BCUT2D eigenvalue weighted by atomic mass is 10.1. The smallest absolute Gasteiger partial charge is 0.264 e. The summed E-state index contributed by atoms with van der Waals surface area (Å²) in [6.07, 6.45) is 7.08. The molecule has 0 aliphatic carbocycles. The third kappa shape index (κ3) is 11.9. The summed E-state index contributed by atoms with van der Waals surface area (Å²) >= 11 is 0. The van der Waals surface area contributed by atoms with Crippen LogP contribution < -0.4 is 0 Å². The van der Waals surface area contributed by atoms with E-state index in [2.05, 4.69) is 0 Å². The maximum Gasteiger partial charge on any atom is 0.264 e. The lowest BCUT2D eigenvalue weighted by molar-refractivity contribution is 0.156. The Morgan fingerprint density at radius 3 is 2.00 bits per heavy atom. The van der Waals surface area contributed by atoms with Crippen molar-refractivity contribution in [1.82, 2.24) is 0 Å². The van der Waals surface area contributed by atoms with Crippen LogP contribution in [-0.4, -0.2) is 29.9 Å². The van der Waals surface area contributed by atoms with Crippen molar-refractivity contribution in [2.45, 2.75) is 64.4 Å². The first-order chi connectivity index (χ1) is 7.45. The lowest BCUT2D eigenvalue weighted by Gasteiger charge is -2.06. The van der Waals surface area contributed by atoms with E-state index in [1.54, 1.807) is 0 Å². The van der Waals surface area contributed by atoms with E-state index >= 15 is 0 Å². The van der Waals surface area contributed by atoms with Gasteiger partial charge in [-0.05, 0) is 19.3 Å². The summed E-state index contributed by atoms with van der Waals surface area (Å²) in [4.78, 5) is 0. The fraction of sp³-hybridized carbons (Fsp3) is 1.00. The molecule has 2 N–H and O–H groups in total. The summed E-state index contributed by atoms with van der Waals surface area (Å²) in [5.41, 5.74) is 0. The molecule has 0 amide bonds. The van der Waals surface area contributed by atoms with Gasteiger partial charge in [0.25, 0.3) is 10.1 Å². The molecule has 0 spiro atoms. The molecule has 16 heavy (non-hydrogen) atoms. The van der Waals surface area contributed by atoms with E-state index < -0.39 is 10.1 Å². The van der Waals surface area contributed by atoms with Crippen molar-refractivity contribution in [2.24, 2.45) is 0 Å². The maximum absolute atomic E-state index is 10.4. The van der Waals surface area contributed by atoms with E-state index in [4.69, 9.17) is 4.55 Å². The number of hydrogen-bond acceptors (Lipinski definition) is 3. The SMILES string of the molecule is CCC(O)CCCCCCCCS(=O)(=O)O. The fourth-order valence-electron chi connectivity index (χ4n) is 1.58. The zero-order valence-electron chi connectivity index (χ0n) is 10.1. The Balaban J connectivity index is 3.16. The number of hydrogen-bond donors (Lipinski definition) is 2. The van der Waals surface area contributed by atoms with Crippen LogP contribution in [0.4, 0.5) is 0 Å². The second kappa shape index (κ2) is 8.96. The zero-order chi connectivity index (χ0) is 12.4. The molecular weight excluding hydrogens is 228 g/mol. The van der Waals surface area contributed by atoms with Crippen LogP contribution in [-0.2, 0) is 10.1 Å². The Kier molecular flexibility index (Phi) is 8.89. The van der Waals surface area contributed by atoms with E-state index in [9.17, 15) is 13.5 Å². The van der Waals surface area contributed by atoms with E-state index in [1.807, 2.05) is 6.92 Å². The van der Waals surface area contributed by atoms with Crippen molar-refractivity contribution in [3.05, 3.63) is 0 Å². The second-order valence-corrected chi connectivity index (χ2v) is 5.83. The average molecular weight is 252 g/mol. The fourth-order valence-corrected chi connectivity index (χ4v) is 2.14. The summed E-state index contributed by atoms with van der Waals surface area (Å²) < 4.78 is 29.3. The van der Waals surface area contributed by atoms with Gasteiger partial charge in [0, 0.05) is 0 Å². The Morgan fingerprint density at radius 1 is 1.00 bits per heavy atom. The molecule has 4 nitrogen and oxygen atoms in total. The topological polar surface area (TPSA) is 74.6 Å². The predicted molar refractivity (Wildman–Crippen MR) is 65.0 cm³/mol. The number of rotatable bonds is 10. The second-order valence-electron chi connectivity index (χ2n) is 4.26. The molecule has 0 radical (unpaired) electrons. The zero-order valence-corrected chi connectivity index (χ0v) is 10.9. The first-order valence-corrected chi connectivity index (χ1v) is 7.70. The summed E-state index contributed by atoms with van der Waals surface area (Å²) in [5, 5.41) is 9.29. The summed E-state index contributed by atoms with van der Waals surface area (Å²) in [6.45, 7) is 1.97. The molecule has 0 saturated carbocycles. The van der Waals surface area contributed by atoms with Gasteiger partial charge in [0.2, 0.25) is 0 Å². The van der Waals surface area contributed by atoms with Gasteiger partial charge in [-0.25, -0.2) is 0 Å². The van der Waals surface area contributed by atoms with Crippen molar-refractivity contribution in [3.8, 4) is 0 Å². The molecular formula is C11H24O4S. The molecule has 0 rings (SSSR count). The van der Waals surface area contributed by atoms with Gasteiger partial charge in [-0.15, -0.1) is 0 Å². The van der Waals surface area contributed by atoms with Gasteiger partial charge in [0.15, 0.2) is 0 Å². The molecule has 0 aromatic carbocycles. The van der Waals surface area contributed by atoms with E-state index in [0.717, 1.165) is 44.9 Å². The molecule has 0 heterocycles. The monoisotopic (exact) mass is 252 g/mol. The Morgan fingerprint density at radius 2 is 1.50 bits per heavy atom. The van der Waals surface area contributed by atoms with Crippen molar-refractivity contribution in [1.29, 1.82) is 0 Å². The van der Waals surface area contributed by atoms with Gasteiger partial charge < -0.3 is 5.11 Å². The third-order valence-electron chi connectivity index (χ3n) is 2.66. The van der Waals surface area contributed by atoms with E-state index in [1.165, 1.54) is 0 Å². The molecule has 0 fully saturated rings. The molecule has 1 atom stereocenters. The van der Waals surface area contributed by atoms with Gasteiger partial charge in [0.05, 0.1) is 11.9 Å². The Hall–Kier alpha value is -0.130. The summed E-state index contributed by atoms with van der Waals surface area (Å²) in [6, 6.07) is 0. The van der Waals surface area contributed by atoms with Crippen molar-refractivity contribution in [3.63, 3.8) is 0 Å². The van der Waals surface area contributed by atoms with Gasteiger partial charge in [-0.2, -0.15) is 8.42 Å². The molecule has 0 aliphatic rings. The molecule has 0 aromatic rings. The first kappa shape index (κ1) is 15.9. The molecule has 0 aromatic heterocycles. The van der Waals surface area contributed by atoms with Crippen LogP contribution in [0.2, 0.25) is 0 Å². The van der Waals surface area contributed by atoms with Crippen molar-refractivity contribution < 1.29 is 18.1 Å². The highest BCUT2D eigenvalue weighted by Gasteiger charge is 2.03. The van der Waals surface area contributed by atoms with Crippen LogP contribution in [0.25, 0.3) is 0 Å². The number of aliphatic hydroxyl groups is 1. The van der Waals surface area contributed by atoms with Crippen LogP contribution in [0.5, 0.6) is 0 Å². The van der Waals surface area contributed by atoms with E-state index in [-0.39, 0.29) is 11.9 Å². The highest BCUT2D eigenvalue weighted by molar-refractivity contribution is 7.85. The van der Waals surface area contributed by atoms with E-state index in [0.29, 0.717) is 6.42 Å².